The summed E-state index contributed by atoms with van der Waals surface area (Å²) in [5.41, 5.74) is 2.36. The maximum absolute atomic E-state index is 13.0. The Labute approximate surface area is 186 Å². The normalized spacial score (nSPS) is 18.1. The molecule has 2 aromatic carbocycles. The Hall–Kier alpha value is -2.08. The minimum Gasteiger partial charge on any atom is -0.349 e. The van der Waals surface area contributed by atoms with Gasteiger partial charge in [0.1, 0.15) is 0 Å². The van der Waals surface area contributed by atoms with E-state index in [0.29, 0.717) is 29.2 Å². The number of anilines is 1. The van der Waals surface area contributed by atoms with Crippen molar-refractivity contribution in [1.29, 1.82) is 0 Å². The highest BCUT2D eigenvalue weighted by atomic mass is 35.5. The highest BCUT2D eigenvalue weighted by Gasteiger charge is 2.28. The third-order valence-corrected chi connectivity index (χ3v) is 6.30. The van der Waals surface area contributed by atoms with Gasteiger partial charge in [0.25, 0.3) is 5.91 Å². The lowest BCUT2D eigenvalue weighted by molar-refractivity contribution is -0.117. The largest absolute Gasteiger partial charge is 0.349 e. The van der Waals surface area contributed by atoms with Gasteiger partial charge in [-0.1, -0.05) is 35.3 Å². The Morgan fingerprint density at radius 3 is 2.37 bits per heavy atom. The van der Waals surface area contributed by atoms with E-state index in [1.165, 1.54) is 5.56 Å². The van der Waals surface area contributed by atoms with E-state index in [2.05, 4.69) is 22.3 Å². The van der Waals surface area contributed by atoms with Crippen LogP contribution < -0.4 is 10.2 Å². The topological polar surface area (TPSA) is 52.7 Å². The number of carbonyl (C=O) groups is 2. The van der Waals surface area contributed by atoms with E-state index in [4.69, 9.17) is 23.2 Å². The van der Waals surface area contributed by atoms with Gasteiger partial charge in [0.15, 0.2) is 0 Å². The van der Waals surface area contributed by atoms with Crippen LogP contribution in [0.3, 0.4) is 0 Å². The zero-order valence-corrected chi connectivity index (χ0v) is 18.3. The predicted octanol–water partition coefficient (Wildman–Crippen LogP) is 4.51. The van der Waals surface area contributed by atoms with Crippen LogP contribution in [0.5, 0.6) is 0 Å². The number of carbonyl (C=O) groups excluding carboxylic acids is 2. The molecule has 2 fully saturated rings. The van der Waals surface area contributed by atoms with Crippen LogP contribution >= 0.6 is 23.2 Å². The summed E-state index contributed by atoms with van der Waals surface area (Å²) < 4.78 is 0. The van der Waals surface area contributed by atoms with Crippen molar-refractivity contribution < 1.29 is 9.59 Å². The SMILES string of the molecule is O=C(NC1CCN(Cc2ccc(Cl)cc2)CC1)c1ccc(Cl)cc1N1CCCC1=O. The summed E-state index contributed by atoms with van der Waals surface area (Å²) in [4.78, 5) is 29.3. The number of likely N-dealkylation sites (tertiary alicyclic amines) is 1. The first-order valence-corrected chi connectivity index (χ1v) is 11.1. The number of rotatable bonds is 5. The zero-order valence-electron chi connectivity index (χ0n) is 16.7. The van der Waals surface area contributed by atoms with Crippen molar-refractivity contribution in [3.05, 3.63) is 63.6 Å². The van der Waals surface area contributed by atoms with E-state index in [-0.39, 0.29) is 17.9 Å². The average molecular weight is 446 g/mol. The second-order valence-corrected chi connectivity index (χ2v) is 8.83. The maximum Gasteiger partial charge on any atom is 0.253 e. The number of nitrogens with one attached hydrogen (secondary N) is 1. The molecule has 1 N–H and O–H groups in total. The van der Waals surface area contributed by atoms with E-state index in [9.17, 15) is 9.59 Å². The minimum atomic E-state index is -0.141. The monoisotopic (exact) mass is 445 g/mol. The van der Waals surface area contributed by atoms with Crippen molar-refractivity contribution in [1.82, 2.24) is 10.2 Å². The Kier molecular flexibility index (Phi) is 6.61. The molecule has 158 valence electrons. The molecule has 0 aliphatic carbocycles. The Morgan fingerprint density at radius 2 is 1.70 bits per heavy atom. The fourth-order valence-electron chi connectivity index (χ4n) is 4.17. The van der Waals surface area contributed by atoms with Crippen molar-refractivity contribution in [2.75, 3.05) is 24.5 Å². The molecule has 0 bridgehead atoms. The van der Waals surface area contributed by atoms with Crippen LogP contribution in [-0.4, -0.2) is 42.4 Å². The molecule has 2 heterocycles. The summed E-state index contributed by atoms with van der Waals surface area (Å²) in [5, 5.41) is 4.43. The Morgan fingerprint density at radius 1 is 1.00 bits per heavy atom. The van der Waals surface area contributed by atoms with Gasteiger partial charge >= 0.3 is 0 Å². The molecule has 7 heteroatoms. The number of halogens is 2. The fourth-order valence-corrected chi connectivity index (χ4v) is 4.46. The van der Waals surface area contributed by atoms with Crippen molar-refractivity contribution >= 4 is 40.7 Å². The molecule has 2 aliphatic rings. The standard InChI is InChI=1S/C23H25Cl2N3O2/c24-17-5-3-16(4-6-17)15-27-12-9-19(10-13-27)26-23(30)20-8-7-18(25)14-21(20)28-11-1-2-22(28)29/h3-8,14,19H,1-2,9-13,15H2,(H,26,30). The van der Waals surface area contributed by atoms with Gasteiger partial charge < -0.3 is 10.2 Å². The molecule has 0 radical (unpaired) electrons. The maximum atomic E-state index is 13.0. The number of hydrogen-bond donors (Lipinski definition) is 1. The molecular formula is C23H25Cl2N3O2. The smallest absolute Gasteiger partial charge is 0.253 e. The molecule has 4 rings (SSSR count). The lowest BCUT2D eigenvalue weighted by atomic mass is 10.0. The van der Waals surface area contributed by atoms with Gasteiger partial charge in [0, 0.05) is 48.7 Å². The van der Waals surface area contributed by atoms with E-state index in [1.54, 1.807) is 23.1 Å². The van der Waals surface area contributed by atoms with Crippen molar-refractivity contribution in [2.45, 2.75) is 38.3 Å². The summed E-state index contributed by atoms with van der Waals surface area (Å²) in [6.45, 7) is 3.36. The lowest BCUT2D eigenvalue weighted by Gasteiger charge is -2.32. The molecule has 2 saturated heterocycles. The molecule has 2 aromatic rings. The van der Waals surface area contributed by atoms with Gasteiger partial charge in [-0.2, -0.15) is 0 Å². The fraction of sp³-hybridized carbons (Fsp3) is 0.391. The van der Waals surface area contributed by atoms with Crippen molar-refractivity contribution in [3.8, 4) is 0 Å². The Balaban J connectivity index is 1.36. The summed E-state index contributed by atoms with van der Waals surface area (Å²) >= 11 is 12.1. The highest BCUT2D eigenvalue weighted by molar-refractivity contribution is 6.31. The summed E-state index contributed by atoms with van der Waals surface area (Å²) in [5.74, 6) is -0.0978. The van der Waals surface area contributed by atoms with Crippen LogP contribution in [-0.2, 0) is 11.3 Å². The molecule has 0 spiro atoms. The summed E-state index contributed by atoms with van der Waals surface area (Å²) in [6.07, 6.45) is 3.11. The van der Waals surface area contributed by atoms with Crippen LogP contribution in [0.15, 0.2) is 42.5 Å². The average Bonchev–Trinajstić information content (AvgIpc) is 3.17. The third kappa shape index (κ3) is 4.97. The molecule has 0 unspecified atom stereocenters. The van der Waals surface area contributed by atoms with Crippen LogP contribution in [0.25, 0.3) is 0 Å². The van der Waals surface area contributed by atoms with Crippen molar-refractivity contribution in [2.24, 2.45) is 0 Å². The molecule has 30 heavy (non-hydrogen) atoms. The number of piperidine rings is 1. The third-order valence-electron chi connectivity index (χ3n) is 5.81. The van der Waals surface area contributed by atoms with E-state index in [1.807, 2.05) is 12.1 Å². The number of hydrogen-bond acceptors (Lipinski definition) is 3. The van der Waals surface area contributed by atoms with Crippen LogP contribution in [0.1, 0.15) is 41.6 Å². The van der Waals surface area contributed by atoms with Crippen molar-refractivity contribution in [3.63, 3.8) is 0 Å². The van der Waals surface area contributed by atoms with Gasteiger partial charge in [0.05, 0.1) is 11.3 Å². The molecule has 2 amide bonds. The van der Waals surface area contributed by atoms with Crippen LogP contribution in [0.2, 0.25) is 10.0 Å². The van der Waals surface area contributed by atoms with Gasteiger partial charge in [0.2, 0.25) is 5.91 Å². The zero-order chi connectivity index (χ0) is 21.1. The summed E-state index contributed by atoms with van der Waals surface area (Å²) in [7, 11) is 0. The molecule has 0 atom stereocenters. The Bertz CT molecular complexity index is 925. The van der Waals surface area contributed by atoms with Gasteiger partial charge in [-0.3, -0.25) is 14.5 Å². The highest BCUT2D eigenvalue weighted by Crippen LogP contribution is 2.29. The molecular weight excluding hydrogens is 421 g/mol. The number of amides is 2. The number of benzene rings is 2. The van der Waals surface area contributed by atoms with Gasteiger partial charge in [-0.05, 0) is 55.2 Å². The minimum absolute atomic E-state index is 0.0434. The molecule has 0 aromatic heterocycles. The molecule has 2 aliphatic heterocycles. The number of nitrogens with zero attached hydrogens (tertiary/aromatic N) is 2. The van der Waals surface area contributed by atoms with E-state index >= 15 is 0 Å². The van der Waals surface area contributed by atoms with Gasteiger partial charge in [-0.25, -0.2) is 0 Å². The molecule has 0 saturated carbocycles. The van der Waals surface area contributed by atoms with Gasteiger partial charge in [-0.15, -0.1) is 0 Å². The van der Waals surface area contributed by atoms with Crippen LogP contribution in [0.4, 0.5) is 5.69 Å². The van der Waals surface area contributed by atoms with E-state index < -0.39 is 0 Å². The quantitative estimate of drug-likeness (QED) is 0.735. The predicted molar refractivity (Wildman–Crippen MR) is 120 cm³/mol. The van der Waals surface area contributed by atoms with E-state index in [0.717, 1.165) is 43.9 Å². The molecule has 5 nitrogen and oxygen atoms in total. The first-order chi connectivity index (χ1) is 14.5. The first-order valence-electron chi connectivity index (χ1n) is 10.4. The summed E-state index contributed by atoms with van der Waals surface area (Å²) in [6, 6.07) is 13.2. The second-order valence-electron chi connectivity index (χ2n) is 7.96. The second kappa shape index (κ2) is 9.38. The lowest BCUT2D eigenvalue weighted by Crippen LogP contribution is -2.44. The van der Waals surface area contributed by atoms with Crippen LogP contribution in [0, 0.1) is 0 Å². The first kappa shape index (κ1) is 21.2.